The van der Waals surface area contributed by atoms with E-state index >= 15 is 0 Å². The molecule has 1 heterocycles. The Labute approximate surface area is 188 Å². The highest BCUT2D eigenvalue weighted by molar-refractivity contribution is 6.01. The third-order valence-electron chi connectivity index (χ3n) is 4.65. The second kappa shape index (κ2) is 9.69. The molecule has 0 saturated carbocycles. The van der Waals surface area contributed by atoms with Crippen molar-refractivity contribution >= 4 is 18.1 Å². The average molecular weight is 443 g/mol. The number of nitrogens with zero attached hydrogens (tertiary/aromatic N) is 2. The van der Waals surface area contributed by atoms with Crippen molar-refractivity contribution in [3.63, 3.8) is 0 Å². The molecule has 33 heavy (non-hydrogen) atoms. The summed E-state index contributed by atoms with van der Waals surface area (Å²) in [4.78, 5) is 24.9. The molecule has 0 atom stereocenters. The van der Waals surface area contributed by atoms with E-state index in [1.54, 1.807) is 31.2 Å². The summed E-state index contributed by atoms with van der Waals surface area (Å²) in [5, 5.41) is 7.96. The molecule has 7 nitrogen and oxygen atoms in total. The van der Waals surface area contributed by atoms with Crippen LogP contribution in [0.25, 0.3) is 11.3 Å². The van der Waals surface area contributed by atoms with Gasteiger partial charge in [0.1, 0.15) is 28.6 Å². The minimum absolute atomic E-state index is 0.0969. The highest BCUT2D eigenvalue weighted by Crippen LogP contribution is 2.24. The normalized spacial score (nSPS) is 10.8. The second-order valence-electron chi connectivity index (χ2n) is 7.00. The molecule has 4 aromatic rings. The van der Waals surface area contributed by atoms with Gasteiger partial charge in [0, 0.05) is 5.56 Å². The Hall–Kier alpha value is -4.59. The van der Waals surface area contributed by atoms with Gasteiger partial charge in [-0.05, 0) is 42.8 Å². The minimum atomic E-state index is -0.687. The van der Waals surface area contributed by atoms with Crippen molar-refractivity contribution in [1.82, 2.24) is 10.6 Å². The molecule has 0 bridgehead atoms. The lowest BCUT2D eigenvalue weighted by Crippen LogP contribution is -2.18. The molecule has 1 aromatic heterocycles. The van der Waals surface area contributed by atoms with Gasteiger partial charge in [-0.25, -0.2) is 14.6 Å². The van der Waals surface area contributed by atoms with Crippen molar-refractivity contribution in [3.8, 4) is 17.0 Å². The number of hydrazone groups is 1. The van der Waals surface area contributed by atoms with E-state index < -0.39 is 17.7 Å². The van der Waals surface area contributed by atoms with E-state index in [-0.39, 0.29) is 16.9 Å². The summed E-state index contributed by atoms with van der Waals surface area (Å²) < 4.78 is 23.8. The lowest BCUT2D eigenvalue weighted by Gasteiger charge is -2.05. The molecule has 4 rings (SSSR count). The lowest BCUT2D eigenvalue weighted by molar-refractivity contribution is 0.0734. The number of carbonyl (C=O) groups excluding carboxylic acids is 2. The first-order valence-corrected chi connectivity index (χ1v) is 9.94. The number of hydrogen-bond donors (Lipinski definition) is 1. The number of amides is 1. The van der Waals surface area contributed by atoms with Gasteiger partial charge in [-0.1, -0.05) is 53.7 Å². The van der Waals surface area contributed by atoms with Crippen LogP contribution in [0, 0.1) is 12.7 Å². The smallest absolute Gasteiger partial charge is 0.343 e. The summed E-state index contributed by atoms with van der Waals surface area (Å²) in [5.74, 6) is -1.07. The minimum Gasteiger partial charge on any atom is -0.423 e. The number of aryl methyl sites for hydroxylation is 1. The van der Waals surface area contributed by atoms with Crippen LogP contribution in [0.3, 0.4) is 0 Å². The Morgan fingerprint density at radius 1 is 1.03 bits per heavy atom. The van der Waals surface area contributed by atoms with Crippen molar-refractivity contribution in [2.75, 3.05) is 0 Å². The standard InChI is InChI=1S/C25H18FN3O4/c1-16-22(23(29-33-16)18-8-3-2-4-9-18)24(30)28-27-15-17-7-5-12-21(13-17)32-25(31)19-10-6-11-20(26)14-19/h2-15H,1H3,(H,28,30)/b27-15+. The summed E-state index contributed by atoms with van der Waals surface area (Å²) in [6.45, 7) is 1.65. The maximum absolute atomic E-state index is 13.3. The molecule has 164 valence electrons. The summed E-state index contributed by atoms with van der Waals surface area (Å²) >= 11 is 0. The fourth-order valence-corrected chi connectivity index (χ4v) is 3.09. The van der Waals surface area contributed by atoms with E-state index in [2.05, 4.69) is 15.7 Å². The predicted octanol–water partition coefficient (Wildman–Crippen LogP) is 4.77. The van der Waals surface area contributed by atoms with Gasteiger partial charge in [0.05, 0.1) is 11.8 Å². The van der Waals surface area contributed by atoms with Gasteiger partial charge >= 0.3 is 5.97 Å². The topological polar surface area (TPSA) is 93.8 Å². The zero-order chi connectivity index (χ0) is 23.2. The monoisotopic (exact) mass is 443 g/mol. The maximum Gasteiger partial charge on any atom is 0.343 e. The molecule has 0 aliphatic rings. The van der Waals surface area contributed by atoms with Gasteiger partial charge in [-0.3, -0.25) is 4.79 Å². The van der Waals surface area contributed by atoms with Crippen LogP contribution in [-0.4, -0.2) is 23.2 Å². The molecular weight excluding hydrogens is 425 g/mol. The second-order valence-corrected chi connectivity index (χ2v) is 7.00. The molecule has 1 amide bonds. The quantitative estimate of drug-likeness (QED) is 0.200. The van der Waals surface area contributed by atoms with Crippen LogP contribution >= 0.6 is 0 Å². The fraction of sp³-hybridized carbons (Fsp3) is 0.0400. The third-order valence-corrected chi connectivity index (χ3v) is 4.65. The number of ether oxygens (including phenoxy) is 1. The van der Waals surface area contributed by atoms with E-state index in [4.69, 9.17) is 9.26 Å². The molecule has 1 N–H and O–H groups in total. The lowest BCUT2D eigenvalue weighted by atomic mass is 10.1. The summed E-state index contributed by atoms with van der Waals surface area (Å²) in [6.07, 6.45) is 1.41. The maximum atomic E-state index is 13.3. The van der Waals surface area contributed by atoms with E-state index in [1.165, 1.54) is 24.4 Å². The van der Waals surface area contributed by atoms with Gasteiger partial charge in [0.25, 0.3) is 5.91 Å². The predicted molar refractivity (Wildman–Crippen MR) is 120 cm³/mol. The number of halogens is 1. The largest absolute Gasteiger partial charge is 0.423 e. The van der Waals surface area contributed by atoms with E-state index in [1.807, 2.05) is 30.3 Å². The van der Waals surface area contributed by atoms with Gasteiger partial charge in [-0.2, -0.15) is 5.10 Å². The molecule has 0 aliphatic heterocycles. The first-order chi connectivity index (χ1) is 16.0. The molecule has 8 heteroatoms. The van der Waals surface area contributed by atoms with Gasteiger partial charge in [0.2, 0.25) is 0 Å². The molecule has 0 spiro atoms. The van der Waals surface area contributed by atoms with Crippen molar-refractivity contribution in [2.45, 2.75) is 6.92 Å². The zero-order valence-electron chi connectivity index (χ0n) is 17.5. The van der Waals surface area contributed by atoms with Gasteiger partial charge in [0.15, 0.2) is 0 Å². The highest BCUT2D eigenvalue weighted by Gasteiger charge is 2.21. The van der Waals surface area contributed by atoms with Crippen LogP contribution < -0.4 is 10.2 Å². The summed E-state index contributed by atoms with van der Waals surface area (Å²) in [6, 6.07) is 21.0. The van der Waals surface area contributed by atoms with Crippen LogP contribution in [-0.2, 0) is 0 Å². The van der Waals surface area contributed by atoms with Crippen LogP contribution in [0.15, 0.2) is 88.5 Å². The van der Waals surface area contributed by atoms with E-state index in [0.717, 1.165) is 11.6 Å². The Morgan fingerprint density at radius 2 is 1.82 bits per heavy atom. The van der Waals surface area contributed by atoms with Crippen molar-refractivity contribution in [2.24, 2.45) is 5.10 Å². The Bertz CT molecular complexity index is 1330. The fourth-order valence-electron chi connectivity index (χ4n) is 3.09. The number of aromatic nitrogens is 1. The van der Waals surface area contributed by atoms with Crippen LogP contribution in [0.5, 0.6) is 5.75 Å². The number of nitrogens with one attached hydrogen (secondary N) is 1. The highest BCUT2D eigenvalue weighted by atomic mass is 19.1. The molecule has 0 fully saturated rings. The Morgan fingerprint density at radius 3 is 2.61 bits per heavy atom. The Balaban J connectivity index is 1.44. The van der Waals surface area contributed by atoms with Crippen molar-refractivity contribution < 1.29 is 23.2 Å². The zero-order valence-corrected chi connectivity index (χ0v) is 17.5. The molecular formula is C25H18FN3O4. The summed E-state index contributed by atoms with van der Waals surface area (Å²) in [7, 11) is 0. The molecule has 0 radical (unpaired) electrons. The van der Waals surface area contributed by atoms with Crippen LogP contribution in [0.1, 0.15) is 32.0 Å². The van der Waals surface area contributed by atoms with Crippen LogP contribution in [0.2, 0.25) is 0 Å². The molecule has 0 saturated heterocycles. The van der Waals surface area contributed by atoms with E-state index in [9.17, 15) is 14.0 Å². The third kappa shape index (κ3) is 5.19. The first-order valence-electron chi connectivity index (χ1n) is 9.94. The van der Waals surface area contributed by atoms with Gasteiger partial charge < -0.3 is 9.26 Å². The molecule has 0 aliphatic carbocycles. The molecule has 3 aromatic carbocycles. The Kier molecular flexibility index (Phi) is 6.36. The first kappa shape index (κ1) is 21.6. The number of carbonyl (C=O) groups is 2. The van der Waals surface area contributed by atoms with Crippen molar-refractivity contribution in [1.29, 1.82) is 0 Å². The SMILES string of the molecule is Cc1onc(-c2ccccc2)c1C(=O)N/N=C/c1cccc(OC(=O)c2cccc(F)c2)c1. The van der Waals surface area contributed by atoms with Gasteiger partial charge in [-0.15, -0.1) is 0 Å². The number of rotatable bonds is 6. The molecule has 0 unspecified atom stereocenters. The number of hydrogen-bond acceptors (Lipinski definition) is 6. The number of esters is 1. The average Bonchev–Trinajstić information content (AvgIpc) is 3.21. The number of benzene rings is 3. The van der Waals surface area contributed by atoms with Crippen molar-refractivity contribution in [3.05, 3.63) is 107 Å². The van der Waals surface area contributed by atoms with E-state index in [0.29, 0.717) is 17.0 Å². The summed E-state index contributed by atoms with van der Waals surface area (Å²) in [5.41, 5.74) is 4.59. The van der Waals surface area contributed by atoms with Crippen LogP contribution in [0.4, 0.5) is 4.39 Å².